The zero-order valence-electron chi connectivity index (χ0n) is 11.6. The lowest BCUT2D eigenvalue weighted by molar-refractivity contribution is -0.136. The number of amides is 1. The van der Waals surface area contributed by atoms with E-state index in [1.807, 2.05) is 31.2 Å². The quantitative estimate of drug-likeness (QED) is 0.811. The average Bonchev–Trinajstić information content (AvgIpc) is 2.45. The Bertz CT molecular complexity index is 479. The predicted octanol–water partition coefficient (Wildman–Crippen LogP) is 1.75. The summed E-state index contributed by atoms with van der Waals surface area (Å²) in [5, 5.41) is 2.83. The lowest BCUT2D eigenvalue weighted by Gasteiger charge is -2.25. The van der Waals surface area contributed by atoms with Gasteiger partial charge < -0.3 is 15.8 Å². The minimum absolute atomic E-state index is 0.154. The minimum atomic E-state index is -0.808. The number of methoxy groups -OCH3 is 1. The van der Waals surface area contributed by atoms with Crippen LogP contribution in [0.4, 0.5) is 5.69 Å². The van der Waals surface area contributed by atoms with E-state index in [9.17, 15) is 4.79 Å². The summed E-state index contributed by atoms with van der Waals surface area (Å²) < 4.78 is 5.25. The van der Waals surface area contributed by atoms with Gasteiger partial charge in [0.1, 0.15) is 5.60 Å². The summed E-state index contributed by atoms with van der Waals surface area (Å²) in [6.07, 6.45) is 0.607. The van der Waals surface area contributed by atoms with Crippen molar-refractivity contribution in [2.24, 2.45) is 5.73 Å². The Morgan fingerprint density at radius 3 is 2.53 bits per heavy atom. The first kappa shape index (κ1) is 15.2. The van der Waals surface area contributed by atoms with Gasteiger partial charge in [-0.15, -0.1) is 0 Å². The van der Waals surface area contributed by atoms with E-state index >= 15 is 0 Å². The molecule has 4 heteroatoms. The number of nitrogens with two attached hydrogens (primary N) is 1. The van der Waals surface area contributed by atoms with Gasteiger partial charge in [-0.2, -0.15) is 0 Å². The van der Waals surface area contributed by atoms with Gasteiger partial charge in [0.25, 0.3) is 5.91 Å². The molecular weight excluding hydrogens is 240 g/mol. The summed E-state index contributed by atoms with van der Waals surface area (Å²) in [7, 11) is 1.54. The van der Waals surface area contributed by atoms with Crippen molar-refractivity contribution in [2.45, 2.75) is 25.9 Å². The fourth-order valence-corrected chi connectivity index (χ4v) is 1.45. The van der Waals surface area contributed by atoms with Crippen molar-refractivity contribution < 1.29 is 9.53 Å². The van der Waals surface area contributed by atoms with Crippen molar-refractivity contribution in [1.29, 1.82) is 0 Å². The Morgan fingerprint density at radius 2 is 2.05 bits per heavy atom. The van der Waals surface area contributed by atoms with Crippen molar-refractivity contribution in [2.75, 3.05) is 19.0 Å². The second kappa shape index (κ2) is 6.93. The first-order chi connectivity index (χ1) is 9.05. The number of rotatable bonds is 4. The van der Waals surface area contributed by atoms with Crippen molar-refractivity contribution >= 4 is 11.6 Å². The summed E-state index contributed by atoms with van der Waals surface area (Å²) in [5.74, 6) is 5.55. The molecule has 1 rings (SSSR count). The summed E-state index contributed by atoms with van der Waals surface area (Å²) >= 11 is 0. The molecule has 1 unspecified atom stereocenters. The van der Waals surface area contributed by atoms with E-state index in [4.69, 9.17) is 10.5 Å². The lowest BCUT2D eigenvalue weighted by Crippen LogP contribution is -2.41. The minimum Gasteiger partial charge on any atom is -0.369 e. The maximum absolute atomic E-state index is 12.1. The molecule has 3 N–H and O–H groups in total. The van der Waals surface area contributed by atoms with Crippen LogP contribution in [0.15, 0.2) is 24.3 Å². The van der Waals surface area contributed by atoms with Crippen LogP contribution < -0.4 is 11.1 Å². The number of anilines is 1. The predicted molar refractivity (Wildman–Crippen MR) is 76.7 cm³/mol. The summed E-state index contributed by atoms with van der Waals surface area (Å²) in [5.41, 5.74) is 6.09. The van der Waals surface area contributed by atoms with Gasteiger partial charge in [-0.1, -0.05) is 18.8 Å². The molecule has 0 bridgehead atoms. The van der Waals surface area contributed by atoms with E-state index in [0.29, 0.717) is 13.0 Å². The fourth-order valence-electron chi connectivity index (χ4n) is 1.45. The molecule has 1 aromatic rings. The van der Waals surface area contributed by atoms with Crippen molar-refractivity contribution in [3.8, 4) is 11.8 Å². The van der Waals surface area contributed by atoms with E-state index < -0.39 is 5.60 Å². The summed E-state index contributed by atoms with van der Waals surface area (Å²) in [4.78, 5) is 12.1. The van der Waals surface area contributed by atoms with Gasteiger partial charge in [0, 0.05) is 18.4 Å². The molecule has 4 nitrogen and oxygen atoms in total. The van der Waals surface area contributed by atoms with Gasteiger partial charge >= 0.3 is 0 Å². The number of hydrogen-bond acceptors (Lipinski definition) is 3. The van der Waals surface area contributed by atoms with Crippen molar-refractivity contribution in [1.82, 2.24) is 0 Å². The molecule has 1 amide bonds. The molecule has 102 valence electrons. The molecule has 0 aliphatic rings. The van der Waals surface area contributed by atoms with Crippen LogP contribution >= 0.6 is 0 Å². The van der Waals surface area contributed by atoms with Gasteiger partial charge in [-0.3, -0.25) is 4.79 Å². The second-order valence-electron chi connectivity index (χ2n) is 4.33. The molecule has 0 aliphatic heterocycles. The van der Waals surface area contributed by atoms with E-state index in [-0.39, 0.29) is 5.91 Å². The monoisotopic (exact) mass is 260 g/mol. The molecule has 1 aromatic carbocycles. The summed E-state index contributed by atoms with van der Waals surface area (Å²) in [6.45, 7) is 4.01. The molecule has 0 spiro atoms. The van der Waals surface area contributed by atoms with Crippen LogP contribution in [0.3, 0.4) is 0 Å². The highest BCUT2D eigenvalue weighted by Crippen LogP contribution is 2.17. The number of hydrogen-bond donors (Lipinski definition) is 2. The normalized spacial score (nSPS) is 13.1. The lowest BCUT2D eigenvalue weighted by atomic mass is 10.0. The van der Waals surface area contributed by atoms with Crippen LogP contribution in [-0.4, -0.2) is 25.2 Å². The molecule has 1 atom stereocenters. The Hall–Kier alpha value is -1.83. The van der Waals surface area contributed by atoms with Gasteiger partial charge in [0.05, 0.1) is 6.54 Å². The summed E-state index contributed by atoms with van der Waals surface area (Å²) in [6, 6.07) is 7.30. The van der Waals surface area contributed by atoms with E-state index in [1.54, 1.807) is 6.92 Å². The Morgan fingerprint density at radius 1 is 1.42 bits per heavy atom. The first-order valence-corrected chi connectivity index (χ1v) is 6.21. The fraction of sp³-hybridized carbons (Fsp3) is 0.400. The number of carbonyl (C=O) groups excluding carboxylic acids is 1. The third-order valence-electron chi connectivity index (χ3n) is 3.08. The zero-order valence-corrected chi connectivity index (χ0v) is 11.6. The van der Waals surface area contributed by atoms with E-state index in [0.717, 1.165) is 11.3 Å². The zero-order chi connectivity index (χ0) is 14.3. The number of benzene rings is 1. The van der Waals surface area contributed by atoms with Crippen LogP contribution in [0.25, 0.3) is 0 Å². The number of carbonyl (C=O) groups is 1. The van der Waals surface area contributed by atoms with Gasteiger partial charge in [0.15, 0.2) is 0 Å². The van der Waals surface area contributed by atoms with E-state index in [1.165, 1.54) is 7.11 Å². The van der Waals surface area contributed by atoms with Crippen LogP contribution in [0.2, 0.25) is 0 Å². The Balaban J connectivity index is 2.75. The molecule has 0 heterocycles. The number of nitrogens with one attached hydrogen (secondary N) is 1. The molecule has 0 aromatic heterocycles. The van der Waals surface area contributed by atoms with Gasteiger partial charge in [-0.25, -0.2) is 0 Å². The molecule has 0 radical (unpaired) electrons. The van der Waals surface area contributed by atoms with Gasteiger partial charge in [-0.05, 0) is 37.6 Å². The first-order valence-electron chi connectivity index (χ1n) is 6.21. The van der Waals surface area contributed by atoms with Crippen molar-refractivity contribution in [3.63, 3.8) is 0 Å². The van der Waals surface area contributed by atoms with Crippen LogP contribution in [0.5, 0.6) is 0 Å². The molecule has 0 aliphatic carbocycles. The average molecular weight is 260 g/mol. The van der Waals surface area contributed by atoms with E-state index in [2.05, 4.69) is 17.2 Å². The molecule has 0 fully saturated rings. The Kier molecular flexibility index (Phi) is 5.56. The second-order valence-corrected chi connectivity index (χ2v) is 4.33. The largest absolute Gasteiger partial charge is 0.369 e. The third-order valence-corrected chi connectivity index (χ3v) is 3.08. The highest BCUT2D eigenvalue weighted by molar-refractivity contribution is 5.97. The smallest absolute Gasteiger partial charge is 0.256 e. The van der Waals surface area contributed by atoms with Gasteiger partial charge in [0.2, 0.25) is 0 Å². The molecule has 0 saturated carbocycles. The SMILES string of the molecule is CCC(C)(OC)C(=O)Nc1ccc(C#CCN)cc1. The van der Waals surface area contributed by atoms with Crippen LogP contribution in [-0.2, 0) is 9.53 Å². The molecule has 19 heavy (non-hydrogen) atoms. The molecular formula is C15H20N2O2. The highest BCUT2D eigenvalue weighted by atomic mass is 16.5. The Labute approximate surface area is 114 Å². The molecule has 0 saturated heterocycles. The standard InChI is InChI=1S/C15H20N2O2/c1-4-15(2,19-3)14(18)17-13-9-7-12(8-10-13)6-5-11-16/h7-10H,4,11,16H2,1-3H3,(H,17,18). The van der Waals surface area contributed by atoms with Crippen molar-refractivity contribution in [3.05, 3.63) is 29.8 Å². The maximum atomic E-state index is 12.1. The highest BCUT2D eigenvalue weighted by Gasteiger charge is 2.30. The van der Waals surface area contributed by atoms with Crippen LogP contribution in [0, 0.1) is 11.8 Å². The topological polar surface area (TPSA) is 64.3 Å². The number of ether oxygens (including phenoxy) is 1. The third kappa shape index (κ3) is 4.09. The van der Waals surface area contributed by atoms with Crippen LogP contribution in [0.1, 0.15) is 25.8 Å². The maximum Gasteiger partial charge on any atom is 0.256 e.